The highest BCUT2D eigenvalue weighted by molar-refractivity contribution is 7.47. The number of hydrogen-bond donors (Lipinski definition) is 3. The predicted octanol–water partition coefficient (Wildman–Crippen LogP) is 1.07. The van der Waals surface area contributed by atoms with Crippen molar-refractivity contribution >= 4 is 23.5 Å². The van der Waals surface area contributed by atoms with E-state index in [4.69, 9.17) is 31.4 Å². The molecule has 1 fully saturated rings. The number of rotatable bonds is 9. The van der Waals surface area contributed by atoms with Gasteiger partial charge in [-0.1, -0.05) is 13.8 Å². The highest BCUT2D eigenvalue weighted by Gasteiger charge is 2.40. The molecule has 2 radical (unpaired) electrons. The number of phosphoric acid groups is 2. The highest BCUT2D eigenvalue weighted by atomic mass is 31.2. The van der Waals surface area contributed by atoms with Crippen LogP contribution in [0, 0.1) is 0 Å². The molecule has 1 rings (SSSR count). The van der Waals surface area contributed by atoms with Crippen molar-refractivity contribution in [3.63, 3.8) is 0 Å². The molecule has 1 saturated heterocycles. The molecule has 12 heteroatoms. The van der Waals surface area contributed by atoms with Crippen molar-refractivity contribution in [1.29, 1.82) is 0 Å². The summed E-state index contributed by atoms with van der Waals surface area (Å²) in [6, 6.07) is -0.788. The fourth-order valence-electron chi connectivity index (χ4n) is 2.00. The Labute approximate surface area is 130 Å². The third-order valence-electron chi connectivity index (χ3n) is 3.10. The Balaban J connectivity index is 2.64. The quantitative estimate of drug-likeness (QED) is 0.409. The second kappa shape index (κ2) is 8.37. The largest absolute Gasteiger partial charge is 0.472 e. The van der Waals surface area contributed by atoms with Gasteiger partial charge in [-0.3, -0.25) is 13.6 Å². The van der Waals surface area contributed by atoms with E-state index in [9.17, 15) is 14.0 Å². The fraction of sp³-hybridized carbons (Fsp3) is 1.00. The van der Waals surface area contributed by atoms with Crippen LogP contribution in [0.2, 0.25) is 0 Å². The average Bonchev–Trinajstić information content (AvgIpc) is 2.72. The molecule has 0 amide bonds. The van der Waals surface area contributed by atoms with E-state index in [0.29, 0.717) is 12.8 Å². The topological polar surface area (TPSA) is 132 Å². The number of ether oxygens (including phenoxy) is 1. The Morgan fingerprint density at radius 1 is 1.27 bits per heavy atom. The van der Waals surface area contributed by atoms with Gasteiger partial charge in [0.2, 0.25) is 0 Å². The van der Waals surface area contributed by atoms with E-state index in [1.54, 1.807) is 13.8 Å². The van der Waals surface area contributed by atoms with Crippen LogP contribution in [-0.2, 0) is 27.4 Å². The van der Waals surface area contributed by atoms with E-state index in [-0.39, 0.29) is 6.42 Å². The minimum absolute atomic E-state index is 0.0754. The molecule has 0 aromatic heterocycles. The van der Waals surface area contributed by atoms with Crippen LogP contribution in [0.1, 0.15) is 33.1 Å². The molecule has 1 heterocycles. The molecule has 0 aliphatic carbocycles. The monoisotopic (exact) mass is 358 g/mol. The molecule has 0 spiro atoms. The first-order valence-electron chi connectivity index (χ1n) is 6.87. The van der Waals surface area contributed by atoms with Gasteiger partial charge in [0.05, 0.1) is 18.8 Å². The summed E-state index contributed by atoms with van der Waals surface area (Å²) in [5, 5.41) is 0. The van der Waals surface area contributed by atoms with Crippen molar-refractivity contribution in [2.75, 3.05) is 6.61 Å². The molecule has 0 aromatic rings. The fourth-order valence-corrected chi connectivity index (χ4v) is 3.63. The van der Waals surface area contributed by atoms with Crippen LogP contribution < -0.4 is 0 Å². The van der Waals surface area contributed by atoms with Gasteiger partial charge in [-0.15, -0.1) is 0 Å². The smallest absolute Gasteiger partial charge is 0.380 e. The second-order valence-corrected chi connectivity index (χ2v) is 7.49. The van der Waals surface area contributed by atoms with Gasteiger partial charge < -0.3 is 19.4 Å². The molecule has 1 aliphatic rings. The first-order chi connectivity index (χ1) is 10.1. The van der Waals surface area contributed by atoms with Gasteiger partial charge >= 0.3 is 15.6 Å². The molecule has 128 valence electrons. The molecule has 3 N–H and O–H groups in total. The van der Waals surface area contributed by atoms with Crippen LogP contribution in [0.3, 0.4) is 0 Å². The van der Waals surface area contributed by atoms with Crippen molar-refractivity contribution in [3.8, 4) is 0 Å². The molecule has 4 unspecified atom stereocenters. The summed E-state index contributed by atoms with van der Waals surface area (Å²) in [6.45, 7) is 3.09. The van der Waals surface area contributed by atoms with Crippen LogP contribution in [-0.4, -0.2) is 53.4 Å². The summed E-state index contributed by atoms with van der Waals surface area (Å²) >= 11 is 0. The van der Waals surface area contributed by atoms with Crippen LogP contribution in [0.5, 0.6) is 0 Å². The lowest BCUT2D eigenvalue weighted by atomic mass is 9.96. The summed E-state index contributed by atoms with van der Waals surface area (Å²) < 4.78 is 42.2. The molecular weight excluding hydrogens is 337 g/mol. The van der Waals surface area contributed by atoms with Gasteiger partial charge in [-0.2, -0.15) is 0 Å². The Hall–Kier alpha value is 0.245. The molecule has 22 heavy (non-hydrogen) atoms. The van der Waals surface area contributed by atoms with Gasteiger partial charge in [-0.25, -0.2) is 9.13 Å². The van der Waals surface area contributed by atoms with Gasteiger partial charge in [0.15, 0.2) is 0 Å². The van der Waals surface area contributed by atoms with E-state index < -0.39 is 46.6 Å². The summed E-state index contributed by atoms with van der Waals surface area (Å²) in [5.41, 5.74) is 0. The molecule has 4 atom stereocenters. The van der Waals surface area contributed by atoms with E-state index >= 15 is 0 Å². The van der Waals surface area contributed by atoms with Crippen LogP contribution >= 0.6 is 15.6 Å². The molecule has 0 aromatic carbocycles. The molecule has 0 bridgehead atoms. The lowest BCUT2D eigenvalue weighted by molar-refractivity contribution is -0.0115. The van der Waals surface area contributed by atoms with Gasteiger partial charge in [-0.05, 0) is 19.3 Å². The third kappa shape index (κ3) is 7.21. The Morgan fingerprint density at radius 2 is 1.86 bits per heavy atom. The van der Waals surface area contributed by atoms with Gasteiger partial charge in [0.25, 0.3) is 0 Å². The zero-order chi connectivity index (χ0) is 17.0. The highest BCUT2D eigenvalue weighted by Crippen LogP contribution is 2.49. The molecule has 9 nitrogen and oxygen atoms in total. The van der Waals surface area contributed by atoms with Gasteiger partial charge in [0, 0.05) is 6.00 Å². The summed E-state index contributed by atoms with van der Waals surface area (Å²) in [7, 11) is -3.47. The van der Waals surface area contributed by atoms with Gasteiger partial charge in [0.1, 0.15) is 14.0 Å². The SMILES string of the molecule is [B]C1CC(OP(=O)(O)OC(CC)CC)C(COP(=O)(O)O)O1. The Bertz CT molecular complexity index is 438. The zero-order valence-corrected chi connectivity index (χ0v) is 14.2. The normalized spacial score (nSPS) is 28.9. The average molecular weight is 358 g/mol. The Morgan fingerprint density at radius 3 is 2.36 bits per heavy atom. The van der Waals surface area contributed by atoms with Crippen molar-refractivity contribution < 1.29 is 42.1 Å². The van der Waals surface area contributed by atoms with Crippen LogP contribution in [0.4, 0.5) is 0 Å². The summed E-state index contributed by atoms with van der Waals surface area (Å²) in [4.78, 5) is 27.1. The number of hydrogen-bond acceptors (Lipinski definition) is 6. The molecule has 0 saturated carbocycles. The van der Waals surface area contributed by atoms with E-state index in [2.05, 4.69) is 4.52 Å². The lowest BCUT2D eigenvalue weighted by Crippen LogP contribution is -2.28. The van der Waals surface area contributed by atoms with E-state index in [1.165, 1.54) is 0 Å². The number of phosphoric ester groups is 2. The maximum absolute atomic E-state index is 12.0. The minimum Gasteiger partial charge on any atom is -0.380 e. The third-order valence-corrected chi connectivity index (χ3v) is 4.68. The van der Waals surface area contributed by atoms with Crippen LogP contribution in [0.15, 0.2) is 0 Å². The zero-order valence-electron chi connectivity index (χ0n) is 12.4. The second-order valence-electron chi connectivity index (χ2n) is 4.89. The Kier molecular flexibility index (Phi) is 7.72. The minimum atomic E-state index is -4.69. The molecular formula is C10H21BO9P2. The van der Waals surface area contributed by atoms with Crippen molar-refractivity contribution in [2.45, 2.75) is 57.4 Å². The van der Waals surface area contributed by atoms with Crippen molar-refractivity contribution in [2.24, 2.45) is 0 Å². The maximum atomic E-state index is 12.0. The first-order valence-corrected chi connectivity index (χ1v) is 9.89. The van der Waals surface area contributed by atoms with E-state index in [0.717, 1.165) is 0 Å². The lowest BCUT2D eigenvalue weighted by Gasteiger charge is -2.24. The van der Waals surface area contributed by atoms with Crippen molar-refractivity contribution in [1.82, 2.24) is 0 Å². The van der Waals surface area contributed by atoms with Crippen LogP contribution in [0.25, 0.3) is 0 Å². The molecule has 1 aliphatic heterocycles. The standard InChI is InChI=1S/C10H21BO9P2/c1-3-7(4-2)19-22(15,16)20-8-5-10(11)18-9(8)6-17-21(12,13)14/h7-10H,3-6H2,1-2H3,(H,15,16)(H2,12,13,14). The summed E-state index contributed by atoms with van der Waals surface area (Å²) in [6.07, 6.45) is -1.23. The first kappa shape index (κ1) is 20.3. The van der Waals surface area contributed by atoms with E-state index in [1.807, 2.05) is 0 Å². The maximum Gasteiger partial charge on any atom is 0.472 e. The van der Waals surface area contributed by atoms with Crippen molar-refractivity contribution in [3.05, 3.63) is 0 Å². The predicted molar refractivity (Wildman–Crippen MR) is 77.2 cm³/mol. The summed E-state index contributed by atoms with van der Waals surface area (Å²) in [5.74, 6) is 0.